The minimum atomic E-state index is -0.850. The van der Waals surface area contributed by atoms with E-state index >= 15 is 0 Å². The van der Waals surface area contributed by atoms with E-state index in [1.54, 1.807) is 18.2 Å². The number of nitrogens with one attached hydrogen (secondary N) is 3. The van der Waals surface area contributed by atoms with Crippen LogP contribution in [0.5, 0.6) is 0 Å². The molecule has 2 atom stereocenters. The van der Waals surface area contributed by atoms with Crippen LogP contribution in [0.2, 0.25) is 0 Å². The maximum atomic E-state index is 14.5. The third-order valence-electron chi connectivity index (χ3n) is 7.04. The Morgan fingerprint density at radius 1 is 1.13 bits per heavy atom. The van der Waals surface area contributed by atoms with Gasteiger partial charge in [-0.3, -0.25) is 4.79 Å². The van der Waals surface area contributed by atoms with Crippen LogP contribution in [0.1, 0.15) is 70.9 Å². The van der Waals surface area contributed by atoms with Crippen LogP contribution in [0.25, 0.3) is 0 Å². The number of aromatic nitrogens is 1. The third-order valence-corrected chi connectivity index (χ3v) is 7.04. The molecule has 0 spiro atoms. The number of amides is 1. The van der Waals surface area contributed by atoms with Crippen molar-refractivity contribution < 1.29 is 14.3 Å². The normalized spacial score (nSPS) is 17.2. The van der Waals surface area contributed by atoms with Crippen LogP contribution in [0.3, 0.4) is 0 Å². The number of rotatable bonds is 6. The molecule has 4 rings (SSSR count). The molecule has 0 unspecified atom stereocenters. The van der Waals surface area contributed by atoms with Crippen molar-refractivity contribution >= 4 is 11.7 Å². The average molecular weight is 519 g/mol. The first-order valence-corrected chi connectivity index (χ1v) is 13.6. The van der Waals surface area contributed by atoms with Crippen molar-refractivity contribution in [3.8, 4) is 0 Å². The molecule has 7 heteroatoms. The molecule has 4 bridgehead atoms. The minimum absolute atomic E-state index is 0.221. The fourth-order valence-corrected chi connectivity index (χ4v) is 4.85. The number of nitrogens with zero attached hydrogens (tertiary/aromatic N) is 1. The highest BCUT2D eigenvalue weighted by Gasteiger charge is 2.23. The molecule has 1 aliphatic rings. The van der Waals surface area contributed by atoms with Gasteiger partial charge in [-0.05, 0) is 79.0 Å². The van der Waals surface area contributed by atoms with Gasteiger partial charge < -0.3 is 21.1 Å². The summed E-state index contributed by atoms with van der Waals surface area (Å²) < 4.78 is 14.5. The first-order valence-electron chi connectivity index (χ1n) is 13.6. The molecule has 38 heavy (non-hydrogen) atoms. The number of hydrogen-bond donors (Lipinski definition) is 4. The molecule has 6 nitrogen and oxygen atoms in total. The first-order chi connectivity index (χ1) is 18.3. The van der Waals surface area contributed by atoms with E-state index in [1.807, 2.05) is 13.0 Å². The number of aliphatic hydroxyl groups is 1. The molecule has 0 radical (unpaired) electrons. The zero-order valence-corrected chi connectivity index (χ0v) is 22.6. The topological polar surface area (TPSA) is 86.3 Å². The number of aliphatic hydroxyl groups excluding tert-OH is 1. The van der Waals surface area contributed by atoms with Gasteiger partial charge in [-0.15, -0.1) is 0 Å². The standard InChI is InChI=1S/C31H39FN4O2/c1-20(2)24-9-6-7-23(15-24)18-33-19-29(37)28-16-22-10-11-27(32)25(14-22)8-4-5-12-34-30-17-26(31(38)36-28)13-21(3)35-30/h6-7,9-11,13-15,17,20,28-29,33,37H,4-5,8,12,16,18-19H2,1-3H3,(H,34,35)(H,36,38)/t28-,29+/m0/s1. The van der Waals surface area contributed by atoms with Gasteiger partial charge in [0.2, 0.25) is 0 Å². The SMILES string of the molecule is Cc1cc2cc(n1)NCCCCc1cc(ccc1F)C[C@@H]([C@H](O)CNCc1cccc(C(C)C)c1)NC2=O. The molecule has 0 aliphatic carbocycles. The molecule has 1 amide bonds. The molecule has 0 fully saturated rings. The lowest BCUT2D eigenvalue weighted by molar-refractivity contribution is 0.0829. The molecule has 0 saturated heterocycles. The molecular formula is C31H39FN4O2. The fourth-order valence-electron chi connectivity index (χ4n) is 4.85. The molecule has 4 N–H and O–H groups in total. The summed E-state index contributed by atoms with van der Waals surface area (Å²) >= 11 is 0. The lowest BCUT2D eigenvalue weighted by atomic mass is 9.97. The summed E-state index contributed by atoms with van der Waals surface area (Å²) in [5, 5.41) is 20.9. The largest absolute Gasteiger partial charge is 0.390 e. The van der Waals surface area contributed by atoms with Crippen molar-refractivity contribution in [3.05, 3.63) is 93.9 Å². The number of pyridine rings is 1. The highest BCUT2D eigenvalue weighted by Crippen LogP contribution is 2.19. The summed E-state index contributed by atoms with van der Waals surface area (Å²) in [7, 11) is 0. The predicted molar refractivity (Wildman–Crippen MR) is 150 cm³/mol. The lowest BCUT2D eigenvalue weighted by Gasteiger charge is -2.25. The summed E-state index contributed by atoms with van der Waals surface area (Å²) in [4.78, 5) is 17.8. The van der Waals surface area contributed by atoms with E-state index in [0.29, 0.717) is 55.3 Å². The monoisotopic (exact) mass is 518 g/mol. The van der Waals surface area contributed by atoms with Crippen LogP contribution in [0.4, 0.5) is 10.2 Å². The van der Waals surface area contributed by atoms with Gasteiger partial charge in [-0.1, -0.05) is 50.2 Å². The molecule has 202 valence electrons. The van der Waals surface area contributed by atoms with E-state index in [1.165, 1.54) is 11.6 Å². The summed E-state index contributed by atoms with van der Waals surface area (Å²) in [5.41, 5.74) is 5.19. The van der Waals surface area contributed by atoms with Gasteiger partial charge in [0.05, 0.1) is 12.1 Å². The fraction of sp³-hybridized carbons (Fsp3) is 0.419. The van der Waals surface area contributed by atoms with E-state index in [-0.39, 0.29) is 11.7 Å². The molecule has 1 aliphatic heterocycles. The van der Waals surface area contributed by atoms with Gasteiger partial charge in [0.15, 0.2) is 0 Å². The Labute approximate surface area is 225 Å². The Hall–Kier alpha value is -3.29. The number of benzene rings is 2. The van der Waals surface area contributed by atoms with E-state index < -0.39 is 12.1 Å². The maximum Gasteiger partial charge on any atom is 0.251 e. The Kier molecular flexibility index (Phi) is 9.48. The van der Waals surface area contributed by atoms with E-state index in [0.717, 1.165) is 29.7 Å². The van der Waals surface area contributed by atoms with Crippen molar-refractivity contribution in [1.82, 2.24) is 15.6 Å². The summed E-state index contributed by atoms with van der Waals surface area (Å²) in [6, 6.07) is 16.4. The molecule has 1 aromatic heterocycles. The quantitative estimate of drug-likeness (QED) is 0.373. The number of anilines is 1. The number of hydrogen-bond acceptors (Lipinski definition) is 5. The maximum absolute atomic E-state index is 14.5. The van der Waals surface area contributed by atoms with Crippen LogP contribution in [0.15, 0.2) is 54.6 Å². The second-order valence-electron chi connectivity index (χ2n) is 10.6. The molecule has 2 aromatic carbocycles. The van der Waals surface area contributed by atoms with Crippen LogP contribution < -0.4 is 16.0 Å². The lowest BCUT2D eigenvalue weighted by Crippen LogP contribution is -2.48. The smallest absolute Gasteiger partial charge is 0.251 e. The van der Waals surface area contributed by atoms with Gasteiger partial charge in [-0.25, -0.2) is 9.37 Å². The minimum Gasteiger partial charge on any atom is -0.390 e. The number of fused-ring (bicyclic) bond motifs is 4. The third kappa shape index (κ3) is 7.62. The van der Waals surface area contributed by atoms with E-state index in [2.05, 4.69) is 59.0 Å². The number of carbonyl (C=O) groups is 1. The van der Waals surface area contributed by atoms with Crippen molar-refractivity contribution in [1.29, 1.82) is 0 Å². The van der Waals surface area contributed by atoms with Crippen LogP contribution in [0, 0.1) is 12.7 Å². The summed E-state index contributed by atoms with van der Waals surface area (Å²) in [6.45, 7) is 7.78. The van der Waals surface area contributed by atoms with Crippen molar-refractivity contribution in [2.24, 2.45) is 0 Å². The van der Waals surface area contributed by atoms with Crippen LogP contribution >= 0.6 is 0 Å². The zero-order valence-electron chi connectivity index (χ0n) is 22.6. The highest BCUT2D eigenvalue weighted by molar-refractivity contribution is 5.95. The predicted octanol–water partition coefficient (Wildman–Crippen LogP) is 4.89. The Morgan fingerprint density at radius 2 is 1.97 bits per heavy atom. The van der Waals surface area contributed by atoms with E-state index in [4.69, 9.17) is 0 Å². The molecular weight excluding hydrogens is 479 g/mol. The van der Waals surface area contributed by atoms with E-state index in [9.17, 15) is 14.3 Å². The average Bonchev–Trinajstić information content (AvgIpc) is 2.89. The molecule has 0 saturated carbocycles. The van der Waals surface area contributed by atoms with Gasteiger partial charge >= 0.3 is 0 Å². The van der Waals surface area contributed by atoms with Gasteiger partial charge in [0, 0.05) is 30.9 Å². The Bertz CT molecular complexity index is 1250. The first kappa shape index (κ1) is 27.7. The van der Waals surface area contributed by atoms with Gasteiger partial charge in [0.1, 0.15) is 11.6 Å². The zero-order chi connectivity index (χ0) is 27.1. The Morgan fingerprint density at radius 3 is 2.79 bits per heavy atom. The summed E-state index contributed by atoms with van der Waals surface area (Å²) in [6.07, 6.45) is 1.85. The number of aryl methyl sites for hydroxylation is 2. The Balaban J connectivity index is 1.53. The summed E-state index contributed by atoms with van der Waals surface area (Å²) in [5.74, 6) is 0.586. The van der Waals surface area contributed by atoms with Crippen LogP contribution in [-0.4, -0.2) is 41.2 Å². The van der Waals surface area contributed by atoms with Crippen molar-refractivity contribution in [2.45, 2.75) is 71.1 Å². The van der Waals surface area contributed by atoms with Crippen molar-refractivity contribution in [3.63, 3.8) is 0 Å². The van der Waals surface area contributed by atoms with Gasteiger partial charge in [-0.2, -0.15) is 0 Å². The van der Waals surface area contributed by atoms with Crippen molar-refractivity contribution in [2.75, 3.05) is 18.4 Å². The van der Waals surface area contributed by atoms with Gasteiger partial charge in [0.25, 0.3) is 5.91 Å². The molecule has 3 aromatic rings. The molecule has 2 heterocycles. The number of carbonyl (C=O) groups excluding carboxylic acids is 1. The number of halogens is 1. The second-order valence-corrected chi connectivity index (χ2v) is 10.6. The second kappa shape index (κ2) is 13.0. The van der Waals surface area contributed by atoms with Crippen LogP contribution in [-0.2, 0) is 19.4 Å². The highest BCUT2D eigenvalue weighted by atomic mass is 19.1.